The molecule has 144 valence electrons. The van der Waals surface area contributed by atoms with Crippen LogP contribution in [0.2, 0.25) is 5.02 Å². The molecule has 1 heterocycles. The summed E-state index contributed by atoms with van der Waals surface area (Å²) >= 11 is 5.72. The Morgan fingerprint density at radius 3 is 2.59 bits per heavy atom. The Kier molecular flexibility index (Phi) is 5.10. The summed E-state index contributed by atoms with van der Waals surface area (Å²) in [5.41, 5.74) is 1.35. The molecule has 4 rings (SSSR count). The molecule has 1 N–H and O–H groups in total. The summed E-state index contributed by atoms with van der Waals surface area (Å²) in [6.07, 6.45) is 0. The lowest BCUT2D eigenvalue weighted by Crippen LogP contribution is -2.29. The van der Waals surface area contributed by atoms with Crippen molar-refractivity contribution in [2.24, 2.45) is 0 Å². The van der Waals surface area contributed by atoms with Gasteiger partial charge < -0.3 is 5.32 Å². The second-order valence-corrected chi connectivity index (χ2v) is 6.86. The number of benzene rings is 3. The molecule has 29 heavy (non-hydrogen) atoms. The number of nitrogens with one attached hydrogen (secondary N) is 1. The maximum atomic E-state index is 13.2. The number of fused-ring (bicyclic) bond motifs is 1. The maximum Gasteiger partial charge on any atom is 0.267 e. The predicted octanol–water partition coefficient (Wildman–Crippen LogP) is 4.49. The van der Waals surface area contributed by atoms with Crippen molar-refractivity contribution in [3.05, 3.63) is 94.0 Å². The van der Waals surface area contributed by atoms with Gasteiger partial charge in [-0.25, -0.2) is 9.07 Å². The fourth-order valence-electron chi connectivity index (χ4n) is 2.98. The highest BCUT2D eigenvalue weighted by Gasteiger charge is 2.10. The van der Waals surface area contributed by atoms with Crippen LogP contribution in [-0.4, -0.2) is 15.7 Å². The standard InChI is InChI=1S/C22H15ClFN3O2/c23-18-12-17(7-8-19(18)24)25-21(28)13-27-22(29)10-9-20(26-27)16-6-5-14-3-1-2-4-15(14)11-16/h1-12H,13H2,(H,25,28). The minimum Gasteiger partial charge on any atom is -0.324 e. The molecule has 0 radical (unpaired) electrons. The second-order valence-electron chi connectivity index (χ2n) is 6.45. The van der Waals surface area contributed by atoms with Gasteiger partial charge in [-0.3, -0.25) is 9.59 Å². The fourth-order valence-corrected chi connectivity index (χ4v) is 3.16. The number of hydrogen-bond donors (Lipinski definition) is 1. The summed E-state index contributed by atoms with van der Waals surface area (Å²) in [4.78, 5) is 24.5. The smallest absolute Gasteiger partial charge is 0.267 e. The van der Waals surface area contributed by atoms with E-state index in [0.717, 1.165) is 27.1 Å². The van der Waals surface area contributed by atoms with Crippen molar-refractivity contribution >= 4 is 34.0 Å². The van der Waals surface area contributed by atoms with E-state index in [9.17, 15) is 14.0 Å². The Morgan fingerprint density at radius 1 is 1.00 bits per heavy atom. The Bertz CT molecular complexity index is 1290. The minimum absolute atomic E-state index is 0.101. The molecule has 5 nitrogen and oxygen atoms in total. The number of hydrogen-bond acceptors (Lipinski definition) is 3. The Hall–Kier alpha value is -3.51. The Balaban J connectivity index is 1.58. The molecular formula is C22H15ClFN3O2. The van der Waals surface area contributed by atoms with Gasteiger partial charge in [-0.2, -0.15) is 5.10 Å². The van der Waals surface area contributed by atoms with Crippen LogP contribution >= 0.6 is 11.6 Å². The Labute approximate surface area is 170 Å². The zero-order valence-corrected chi connectivity index (χ0v) is 15.9. The van der Waals surface area contributed by atoms with Crippen LogP contribution < -0.4 is 10.9 Å². The molecule has 3 aromatic carbocycles. The largest absolute Gasteiger partial charge is 0.324 e. The lowest BCUT2D eigenvalue weighted by atomic mass is 10.1. The van der Waals surface area contributed by atoms with Gasteiger partial charge in [-0.15, -0.1) is 0 Å². The number of carbonyl (C=O) groups excluding carboxylic acids is 1. The molecule has 0 unspecified atom stereocenters. The normalized spacial score (nSPS) is 10.8. The molecule has 7 heteroatoms. The van der Waals surface area contributed by atoms with E-state index >= 15 is 0 Å². The lowest BCUT2D eigenvalue weighted by Gasteiger charge is -2.09. The van der Waals surface area contributed by atoms with Crippen molar-refractivity contribution in [1.29, 1.82) is 0 Å². The summed E-state index contributed by atoms with van der Waals surface area (Å²) in [7, 11) is 0. The van der Waals surface area contributed by atoms with Gasteiger partial charge in [0.05, 0.1) is 10.7 Å². The molecule has 0 bridgehead atoms. The molecular weight excluding hydrogens is 393 g/mol. The van der Waals surface area contributed by atoms with E-state index in [2.05, 4.69) is 10.4 Å². The number of nitrogens with zero attached hydrogens (tertiary/aromatic N) is 2. The van der Waals surface area contributed by atoms with Crippen molar-refractivity contribution < 1.29 is 9.18 Å². The number of aromatic nitrogens is 2. The van der Waals surface area contributed by atoms with Crippen LogP contribution in [0.3, 0.4) is 0 Å². The van der Waals surface area contributed by atoms with E-state index in [1.807, 2.05) is 42.5 Å². The molecule has 0 spiro atoms. The maximum absolute atomic E-state index is 13.2. The molecule has 0 saturated heterocycles. The molecule has 0 atom stereocenters. The van der Waals surface area contributed by atoms with Crippen LogP contribution in [0.1, 0.15) is 0 Å². The molecule has 1 aromatic heterocycles. The summed E-state index contributed by atoms with van der Waals surface area (Å²) < 4.78 is 14.3. The third kappa shape index (κ3) is 4.17. The van der Waals surface area contributed by atoms with Crippen LogP contribution in [0.15, 0.2) is 77.6 Å². The number of rotatable bonds is 4. The van der Waals surface area contributed by atoms with Gasteiger partial charge in [-0.05, 0) is 41.1 Å². The third-order valence-electron chi connectivity index (χ3n) is 4.41. The van der Waals surface area contributed by atoms with Crippen LogP contribution in [0.4, 0.5) is 10.1 Å². The first kappa shape index (κ1) is 18.8. The topological polar surface area (TPSA) is 64.0 Å². The van der Waals surface area contributed by atoms with Gasteiger partial charge in [-0.1, -0.05) is 48.0 Å². The predicted molar refractivity (Wildman–Crippen MR) is 111 cm³/mol. The molecule has 0 fully saturated rings. The summed E-state index contributed by atoms with van der Waals surface area (Å²) in [5, 5.41) is 8.95. The quantitative estimate of drug-likeness (QED) is 0.542. The van der Waals surface area contributed by atoms with Crippen LogP contribution in [-0.2, 0) is 11.3 Å². The summed E-state index contributed by atoms with van der Waals surface area (Å²) in [5.74, 6) is -1.05. The highest BCUT2D eigenvalue weighted by Crippen LogP contribution is 2.22. The highest BCUT2D eigenvalue weighted by molar-refractivity contribution is 6.31. The zero-order valence-electron chi connectivity index (χ0n) is 15.1. The molecule has 0 aliphatic heterocycles. The van der Waals surface area contributed by atoms with Gasteiger partial charge >= 0.3 is 0 Å². The van der Waals surface area contributed by atoms with Crippen LogP contribution in [0.25, 0.3) is 22.0 Å². The summed E-state index contributed by atoms with van der Waals surface area (Å²) in [6.45, 7) is -0.282. The number of anilines is 1. The molecule has 1 amide bonds. The van der Waals surface area contributed by atoms with Gasteiger partial charge in [0, 0.05) is 17.3 Å². The monoisotopic (exact) mass is 407 g/mol. The average Bonchev–Trinajstić information content (AvgIpc) is 2.72. The number of carbonyl (C=O) groups is 1. The SMILES string of the molecule is O=C(Cn1nc(-c2ccc3ccccc3c2)ccc1=O)Nc1ccc(F)c(Cl)c1. The average molecular weight is 408 g/mol. The first-order valence-corrected chi connectivity index (χ1v) is 9.20. The molecule has 0 aliphatic rings. The zero-order chi connectivity index (χ0) is 20.4. The van der Waals surface area contributed by atoms with Gasteiger partial charge in [0.15, 0.2) is 0 Å². The summed E-state index contributed by atoms with van der Waals surface area (Å²) in [6, 6.07) is 20.6. The molecule has 4 aromatic rings. The number of amides is 1. The van der Waals surface area contributed by atoms with Gasteiger partial charge in [0.2, 0.25) is 5.91 Å². The number of halogens is 2. The van der Waals surface area contributed by atoms with Crippen molar-refractivity contribution in [3.8, 4) is 11.3 Å². The highest BCUT2D eigenvalue weighted by atomic mass is 35.5. The van der Waals surface area contributed by atoms with Gasteiger partial charge in [0.25, 0.3) is 5.56 Å². The second kappa shape index (κ2) is 7.85. The Morgan fingerprint density at radius 2 is 1.79 bits per heavy atom. The minimum atomic E-state index is -0.578. The van der Waals surface area contributed by atoms with Crippen LogP contribution in [0, 0.1) is 5.82 Å². The van der Waals surface area contributed by atoms with Crippen LogP contribution in [0.5, 0.6) is 0 Å². The van der Waals surface area contributed by atoms with Crippen molar-refractivity contribution in [3.63, 3.8) is 0 Å². The fraction of sp³-hybridized carbons (Fsp3) is 0.0455. The first-order chi connectivity index (χ1) is 14.0. The van der Waals surface area contributed by atoms with Gasteiger partial charge in [0.1, 0.15) is 12.4 Å². The van der Waals surface area contributed by atoms with E-state index in [4.69, 9.17) is 11.6 Å². The van der Waals surface area contributed by atoms with E-state index in [1.54, 1.807) is 6.07 Å². The lowest BCUT2D eigenvalue weighted by molar-refractivity contribution is -0.117. The van der Waals surface area contributed by atoms with E-state index < -0.39 is 17.3 Å². The molecule has 0 aliphatic carbocycles. The van der Waals surface area contributed by atoms with E-state index in [1.165, 1.54) is 18.2 Å². The molecule has 0 saturated carbocycles. The van der Waals surface area contributed by atoms with Crippen molar-refractivity contribution in [1.82, 2.24) is 9.78 Å². The van der Waals surface area contributed by atoms with E-state index in [0.29, 0.717) is 11.4 Å². The van der Waals surface area contributed by atoms with E-state index in [-0.39, 0.29) is 11.6 Å². The first-order valence-electron chi connectivity index (χ1n) is 8.82. The third-order valence-corrected chi connectivity index (χ3v) is 4.70. The van der Waals surface area contributed by atoms with Crippen molar-refractivity contribution in [2.75, 3.05) is 5.32 Å². The van der Waals surface area contributed by atoms with Crippen molar-refractivity contribution in [2.45, 2.75) is 6.54 Å².